The number of nitrogens with one attached hydrogen (secondary N) is 3. The maximum absolute atomic E-state index is 14.7. The van der Waals surface area contributed by atoms with Gasteiger partial charge in [-0.25, -0.2) is 13.1 Å². The smallest absolute Gasteiger partial charge is 0.293 e. The topological polar surface area (TPSA) is 208 Å². The summed E-state index contributed by atoms with van der Waals surface area (Å²) < 4.78 is 49.1. The summed E-state index contributed by atoms with van der Waals surface area (Å²) in [5.74, 6) is 0.0914. The maximum atomic E-state index is 14.7. The van der Waals surface area contributed by atoms with Crippen molar-refractivity contribution in [3.05, 3.63) is 106 Å². The molecule has 1 amide bonds. The van der Waals surface area contributed by atoms with Gasteiger partial charge in [-0.05, 0) is 111 Å². The fourth-order valence-corrected chi connectivity index (χ4v) is 12.9. The van der Waals surface area contributed by atoms with Crippen LogP contribution in [-0.2, 0) is 19.5 Å². The number of morpholine rings is 1. The fourth-order valence-electron chi connectivity index (χ4n) is 11.9. The van der Waals surface area contributed by atoms with Gasteiger partial charge in [0.2, 0.25) is 5.88 Å². The third-order valence-electron chi connectivity index (χ3n) is 16.0. The number of carbonyl (C=O) groups excluding carboxylic acids is 1. The largest absolute Gasteiger partial charge is 0.468 e. The number of H-pyrrole nitrogens is 1. The van der Waals surface area contributed by atoms with Gasteiger partial charge in [0.15, 0.2) is 0 Å². The van der Waals surface area contributed by atoms with E-state index in [2.05, 4.69) is 72.7 Å². The van der Waals surface area contributed by atoms with Crippen molar-refractivity contribution in [2.75, 3.05) is 80.8 Å². The summed E-state index contributed by atoms with van der Waals surface area (Å²) in [6.07, 6.45) is 5.84. The average molecular weight is 1000 g/mol. The summed E-state index contributed by atoms with van der Waals surface area (Å²) >= 11 is 0. The minimum atomic E-state index is -4.62. The van der Waals surface area contributed by atoms with Crippen molar-refractivity contribution in [1.82, 2.24) is 24.5 Å². The minimum Gasteiger partial charge on any atom is -0.468 e. The van der Waals surface area contributed by atoms with E-state index < -0.39 is 43.1 Å². The monoisotopic (exact) mass is 1000 g/mol. The van der Waals surface area contributed by atoms with Gasteiger partial charge in [-0.3, -0.25) is 24.7 Å². The van der Waals surface area contributed by atoms with Gasteiger partial charge in [0.25, 0.3) is 21.6 Å². The van der Waals surface area contributed by atoms with Gasteiger partial charge in [0.1, 0.15) is 23.1 Å². The standard InChI is InChI=1S/C53H65N9O9S/c1-33(2)38-6-4-5-7-39(38)48-31-70-25-23-60(48)46-29-45(46)59-21-19-58(20-22-59)36-8-10-40(43(27-36)61-42-15-24-69-32-49(42)71-52-47(61)26-35-14-18-54-50(35)56-52)51(63)57-72(67,68)37-9-11-41(44(28-37)62(65)66)55-30-34-12-16-53(3,64)17-13-34/h4-11,14,18,26-28,33-34,42,45-46,48-49,55,64H,12-13,15-17,19-25,29-32H2,1-3H3,(H,54,56)(H,57,63)/t34-,42-,45?,46?,48-,49-,53-/m0/s1. The van der Waals surface area contributed by atoms with Crippen molar-refractivity contribution in [3.8, 4) is 5.88 Å². The second-order valence-corrected chi connectivity index (χ2v) is 22.8. The van der Waals surface area contributed by atoms with E-state index in [1.54, 1.807) is 12.3 Å². The number of nitro benzene ring substituents is 1. The molecule has 5 atom stereocenters. The molecule has 0 radical (unpaired) electrons. The van der Waals surface area contributed by atoms with Gasteiger partial charge < -0.3 is 39.4 Å². The lowest BCUT2D eigenvalue weighted by Gasteiger charge is -2.45. The van der Waals surface area contributed by atoms with Crippen LogP contribution in [-0.4, -0.2) is 140 Å². The van der Waals surface area contributed by atoms with Crippen molar-refractivity contribution in [2.24, 2.45) is 5.92 Å². The number of hydrogen-bond acceptors (Lipinski definition) is 15. The number of nitro groups is 1. The molecule has 0 spiro atoms. The van der Waals surface area contributed by atoms with Crippen LogP contribution in [0.4, 0.5) is 28.4 Å². The number of aromatic amines is 1. The highest BCUT2D eigenvalue weighted by Gasteiger charge is 2.49. The number of rotatable bonds is 13. The number of anilines is 4. The molecule has 3 aromatic carbocycles. The molecular weight excluding hydrogens is 939 g/mol. The zero-order valence-corrected chi connectivity index (χ0v) is 42.0. The van der Waals surface area contributed by atoms with Crippen molar-refractivity contribution in [2.45, 2.75) is 106 Å². The van der Waals surface area contributed by atoms with E-state index in [1.165, 1.54) is 23.3 Å². The molecule has 11 rings (SSSR count). The molecule has 4 N–H and O–H groups in total. The second-order valence-electron chi connectivity index (χ2n) is 21.1. The molecule has 0 bridgehead atoms. The number of aromatic nitrogens is 2. The lowest BCUT2D eigenvalue weighted by atomic mass is 9.80. The third-order valence-corrected chi connectivity index (χ3v) is 17.3. The van der Waals surface area contributed by atoms with E-state index >= 15 is 0 Å². The SMILES string of the molecule is CC(C)c1ccccc1[C@@H]1COCCN1C1CC1N1CCN(c2ccc(C(=O)NS(=O)(=O)c3ccc(NC[C@H]4CC[C@](C)(O)CC4)c([N+](=O)[O-])c3)c(N3c4cc5cc[nH]c5nc4O[C@H]4COCC[C@@H]43)c2)CC1. The van der Waals surface area contributed by atoms with Crippen LogP contribution in [0, 0.1) is 16.0 Å². The van der Waals surface area contributed by atoms with Gasteiger partial charge in [-0.2, -0.15) is 4.98 Å². The van der Waals surface area contributed by atoms with Gasteiger partial charge in [-0.15, -0.1) is 0 Å². The molecule has 6 heterocycles. The summed E-state index contributed by atoms with van der Waals surface area (Å²) in [5.41, 5.74) is 4.53. The predicted octanol–water partition coefficient (Wildman–Crippen LogP) is 7.09. The number of benzene rings is 3. The van der Waals surface area contributed by atoms with Crippen molar-refractivity contribution in [1.29, 1.82) is 0 Å². The van der Waals surface area contributed by atoms with Gasteiger partial charge in [-0.1, -0.05) is 38.1 Å². The molecule has 2 unspecified atom stereocenters. The molecule has 2 aromatic heterocycles. The Bertz CT molecular complexity index is 2950. The van der Waals surface area contributed by atoms with Crippen LogP contribution in [0.1, 0.15) is 92.7 Å². The van der Waals surface area contributed by atoms with Gasteiger partial charge in [0.05, 0.1) is 58.6 Å². The Labute approximate surface area is 420 Å². The molecule has 4 aliphatic heterocycles. The molecule has 2 aliphatic carbocycles. The molecule has 5 aromatic rings. The Morgan fingerprint density at radius 2 is 1.72 bits per heavy atom. The zero-order chi connectivity index (χ0) is 49.9. The highest BCUT2D eigenvalue weighted by molar-refractivity contribution is 7.90. The number of nitrogens with zero attached hydrogens (tertiary/aromatic N) is 6. The molecular formula is C53H65N9O9S. The molecule has 72 heavy (non-hydrogen) atoms. The lowest BCUT2D eigenvalue weighted by Crippen LogP contribution is -2.53. The van der Waals surface area contributed by atoms with Crippen LogP contribution in [0.5, 0.6) is 5.88 Å². The number of aliphatic hydroxyl groups is 1. The number of piperazine rings is 1. The van der Waals surface area contributed by atoms with Crippen LogP contribution in [0.2, 0.25) is 0 Å². The Balaban J connectivity index is 0.862. The van der Waals surface area contributed by atoms with Gasteiger partial charge >= 0.3 is 0 Å². The number of amides is 1. The quantitative estimate of drug-likeness (QED) is 0.0686. The number of pyridine rings is 1. The van der Waals surface area contributed by atoms with E-state index in [4.69, 9.17) is 19.2 Å². The molecule has 382 valence electrons. The maximum Gasteiger partial charge on any atom is 0.293 e. The second kappa shape index (κ2) is 19.5. The van der Waals surface area contributed by atoms with Crippen LogP contribution in [0.25, 0.3) is 11.0 Å². The average Bonchev–Trinajstić information content (AvgIpc) is 4.05. The van der Waals surface area contributed by atoms with Crippen LogP contribution in [0.3, 0.4) is 0 Å². The van der Waals surface area contributed by atoms with E-state index in [9.17, 15) is 28.4 Å². The van der Waals surface area contributed by atoms with Gasteiger partial charge in [0, 0.05) is 81.3 Å². The Morgan fingerprint density at radius 1 is 0.931 bits per heavy atom. The van der Waals surface area contributed by atoms with Crippen molar-refractivity contribution < 1.29 is 37.5 Å². The van der Waals surface area contributed by atoms with Crippen molar-refractivity contribution >= 4 is 55.4 Å². The number of fused-ring (bicyclic) bond motifs is 3. The zero-order valence-electron chi connectivity index (χ0n) is 41.2. The summed E-state index contributed by atoms with van der Waals surface area (Å²) in [6, 6.07) is 22.7. The molecule has 3 saturated heterocycles. The van der Waals surface area contributed by atoms with Crippen LogP contribution < -0.4 is 24.6 Å². The van der Waals surface area contributed by atoms with Crippen LogP contribution >= 0.6 is 0 Å². The Morgan fingerprint density at radius 3 is 2.51 bits per heavy atom. The predicted molar refractivity (Wildman–Crippen MR) is 274 cm³/mol. The number of ether oxygens (including phenoxy) is 3. The van der Waals surface area contributed by atoms with E-state index in [1.807, 2.05) is 31.2 Å². The Hall–Kier alpha value is -5.83. The highest BCUT2D eigenvalue weighted by atomic mass is 32.2. The normalized spacial score (nSPS) is 27.0. The summed E-state index contributed by atoms with van der Waals surface area (Å²) in [4.78, 5) is 43.7. The first-order chi connectivity index (χ1) is 34.7. The molecule has 5 fully saturated rings. The minimum absolute atomic E-state index is 0.104. The summed E-state index contributed by atoms with van der Waals surface area (Å²) in [6.45, 7) is 13.1. The summed E-state index contributed by atoms with van der Waals surface area (Å²) in [7, 11) is -4.62. The summed E-state index contributed by atoms with van der Waals surface area (Å²) in [5, 5.41) is 26.7. The van der Waals surface area contributed by atoms with E-state index in [-0.39, 0.29) is 29.3 Å². The first-order valence-electron chi connectivity index (χ1n) is 25.6. The molecule has 18 nitrogen and oxygen atoms in total. The van der Waals surface area contributed by atoms with Crippen molar-refractivity contribution in [3.63, 3.8) is 0 Å². The third kappa shape index (κ3) is 9.62. The Kier molecular flexibility index (Phi) is 13.2. The lowest BCUT2D eigenvalue weighted by molar-refractivity contribution is -0.384. The fraction of sp³-hybridized carbons (Fsp3) is 0.509. The molecule has 19 heteroatoms. The van der Waals surface area contributed by atoms with Crippen LogP contribution in [0.15, 0.2) is 83.9 Å². The van der Waals surface area contributed by atoms with E-state index in [0.29, 0.717) is 86.5 Å². The number of hydrogen-bond donors (Lipinski definition) is 4. The number of carbonyl (C=O) groups is 1. The molecule has 6 aliphatic rings. The number of sulfonamides is 1. The highest BCUT2D eigenvalue weighted by Crippen LogP contribution is 2.47. The van der Waals surface area contributed by atoms with E-state index in [0.717, 1.165) is 75.7 Å². The first kappa shape index (κ1) is 48.4. The first-order valence-corrected chi connectivity index (χ1v) is 27.1. The molecule has 2 saturated carbocycles.